The van der Waals surface area contributed by atoms with Gasteiger partial charge in [0.2, 0.25) is 5.28 Å². The summed E-state index contributed by atoms with van der Waals surface area (Å²) >= 11 is 12.0. The zero-order valence-corrected chi connectivity index (χ0v) is 14.4. The van der Waals surface area contributed by atoms with Gasteiger partial charge in [-0.1, -0.05) is 11.6 Å². The SMILES string of the molecule is Clc1ccc2c(N3CCN(c4ccnc(Cl)n4)CC3)ccnc2c1. The van der Waals surface area contributed by atoms with E-state index in [2.05, 4.69) is 30.8 Å². The van der Waals surface area contributed by atoms with E-state index in [1.807, 2.05) is 30.5 Å². The van der Waals surface area contributed by atoms with E-state index in [-0.39, 0.29) is 5.28 Å². The number of benzene rings is 1. The van der Waals surface area contributed by atoms with Crippen molar-refractivity contribution >= 4 is 45.6 Å². The molecule has 0 saturated carbocycles. The predicted molar refractivity (Wildman–Crippen MR) is 98.2 cm³/mol. The molecule has 1 aromatic carbocycles. The van der Waals surface area contributed by atoms with E-state index in [0.717, 1.165) is 42.9 Å². The van der Waals surface area contributed by atoms with Gasteiger partial charge in [-0.3, -0.25) is 4.98 Å². The number of pyridine rings is 1. The number of halogens is 2. The van der Waals surface area contributed by atoms with E-state index >= 15 is 0 Å². The zero-order chi connectivity index (χ0) is 16.5. The van der Waals surface area contributed by atoms with Gasteiger partial charge in [0, 0.05) is 54.7 Å². The van der Waals surface area contributed by atoms with Gasteiger partial charge in [0.1, 0.15) is 5.82 Å². The molecule has 0 unspecified atom stereocenters. The number of hydrogen-bond donors (Lipinski definition) is 0. The molecule has 24 heavy (non-hydrogen) atoms. The Morgan fingerprint density at radius 3 is 2.38 bits per heavy atom. The van der Waals surface area contributed by atoms with Crippen molar-refractivity contribution in [2.45, 2.75) is 0 Å². The molecule has 0 atom stereocenters. The summed E-state index contributed by atoms with van der Waals surface area (Å²) in [7, 11) is 0. The minimum Gasteiger partial charge on any atom is -0.367 e. The number of fused-ring (bicyclic) bond motifs is 1. The summed E-state index contributed by atoms with van der Waals surface area (Å²) in [4.78, 5) is 17.2. The monoisotopic (exact) mass is 359 g/mol. The number of hydrogen-bond acceptors (Lipinski definition) is 5. The van der Waals surface area contributed by atoms with Crippen molar-refractivity contribution in [3.05, 3.63) is 53.0 Å². The lowest BCUT2D eigenvalue weighted by Gasteiger charge is -2.37. The Morgan fingerprint density at radius 2 is 1.58 bits per heavy atom. The van der Waals surface area contributed by atoms with Gasteiger partial charge in [-0.15, -0.1) is 0 Å². The molecular weight excluding hydrogens is 345 g/mol. The van der Waals surface area contributed by atoms with Gasteiger partial charge in [0.05, 0.1) is 5.52 Å². The van der Waals surface area contributed by atoms with Crippen LogP contribution in [0.3, 0.4) is 0 Å². The second-order valence-corrected chi connectivity index (χ2v) is 6.42. The molecule has 5 nitrogen and oxygen atoms in total. The van der Waals surface area contributed by atoms with Crippen LogP contribution in [0.5, 0.6) is 0 Å². The number of piperazine rings is 1. The fraction of sp³-hybridized carbons (Fsp3) is 0.235. The number of rotatable bonds is 2. The van der Waals surface area contributed by atoms with E-state index in [1.54, 1.807) is 6.20 Å². The van der Waals surface area contributed by atoms with Crippen LogP contribution in [0.25, 0.3) is 10.9 Å². The predicted octanol–water partition coefficient (Wildman–Crippen LogP) is 3.66. The lowest BCUT2D eigenvalue weighted by molar-refractivity contribution is 0.648. The van der Waals surface area contributed by atoms with Crippen LogP contribution in [-0.4, -0.2) is 41.1 Å². The Labute approximate surface area is 149 Å². The Kier molecular flexibility index (Phi) is 4.12. The second-order valence-electron chi connectivity index (χ2n) is 5.65. The lowest BCUT2D eigenvalue weighted by Crippen LogP contribution is -2.47. The Balaban J connectivity index is 1.56. The molecule has 2 aromatic heterocycles. The average Bonchev–Trinajstić information content (AvgIpc) is 2.61. The van der Waals surface area contributed by atoms with Crippen LogP contribution in [0.4, 0.5) is 11.5 Å². The average molecular weight is 360 g/mol. The minimum atomic E-state index is 0.284. The molecule has 0 amide bonds. The van der Waals surface area contributed by atoms with Gasteiger partial charge in [0.15, 0.2) is 0 Å². The van der Waals surface area contributed by atoms with Crippen LogP contribution in [0.1, 0.15) is 0 Å². The molecule has 0 radical (unpaired) electrons. The number of nitrogens with zero attached hydrogens (tertiary/aromatic N) is 5. The van der Waals surface area contributed by atoms with Crippen LogP contribution in [0, 0.1) is 0 Å². The highest BCUT2D eigenvalue weighted by Crippen LogP contribution is 2.28. The molecule has 1 aliphatic heterocycles. The van der Waals surface area contributed by atoms with Crippen molar-refractivity contribution in [3.8, 4) is 0 Å². The van der Waals surface area contributed by atoms with Crippen LogP contribution in [-0.2, 0) is 0 Å². The molecule has 3 heterocycles. The van der Waals surface area contributed by atoms with E-state index in [9.17, 15) is 0 Å². The summed E-state index contributed by atoms with van der Waals surface area (Å²) in [6.07, 6.45) is 3.53. The first-order chi connectivity index (χ1) is 11.7. The van der Waals surface area contributed by atoms with Crippen molar-refractivity contribution in [2.24, 2.45) is 0 Å². The van der Waals surface area contributed by atoms with Gasteiger partial charge in [-0.25, -0.2) is 9.97 Å². The van der Waals surface area contributed by atoms with Crippen LogP contribution >= 0.6 is 23.2 Å². The summed E-state index contributed by atoms with van der Waals surface area (Å²) < 4.78 is 0. The Morgan fingerprint density at radius 1 is 0.833 bits per heavy atom. The summed E-state index contributed by atoms with van der Waals surface area (Å²) in [6.45, 7) is 3.57. The number of aromatic nitrogens is 3. The first kappa shape index (κ1) is 15.4. The van der Waals surface area contributed by atoms with Gasteiger partial charge in [0.25, 0.3) is 0 Å². The highest BCUT2D eigenvalue weighted by atomic mass is 35.5. The van der Waals surface area contributed by atoms with Crippen molar-refractivity contribution in [2.75, 3.05) is 36.0 Å². The molecule has 1 fully saturated rings. The molecule has 0 aliphatic carbocycles. The first-order valence-corrected chi connectivity index (χ1v) is 8.49. The molecule has 1 aliphatic rings. The van der Waals surface area contributed by atoms with E-state index in [1.165, 1.54) is 5.69 Å². The van der Waals surface area contributed by atoms with E-state index in [4.69, 9.17) is 23.2 Å². The molecule has 1 saturated heterocycles. The topological polar surface area (TPSA) is 45.2 Å². The van der Waals surface area contributed by atoms with Crippen molar-refractivity contribution in [1.82, 2.24) is 15.0 Å². The quantitative estimate of drug-likeness (QED) is 0.653. The first-order valence-electron chi connectivity index (χ1n) is 7.73. The molecule has 0 spiro atoms. The maximum atomic E-state index is 6.07. The maximum absolute atomic E-state index is 6.07. The van der Waals surface area contributed by atoms with Gasteiger partial charge >= 0.3 is 0 Å². The highest BCUT2D eigenvalue weighted by molar-refractivity contribution is 6.31. The Bertz CT molecular complexity index is 878. The largest absolute Gasteiger partial charge is 0.367 e. The normalized spacial score (nSPS) is 15.1. The van der Waals surface area contributed by atoms with Crippen LogP contribution < -0.4 is 9.80 Å². The van der Waals surface area contributed by atoms with E-state index in [0.29, 0.717) is 5.02 Å². The fourth-order valence-electron chi connectivity index (χ4n) is 3.06. The minimum absolute atomic E-state index is 0.284. The third-order valence-electron chi connectivity index (χ3n) is 4.24. The third-order valence-corrected chi connectivity index (χ3v) is 4.65. The summed E-state index contributed by atoms with van der Waals surface area (Å²) in [5.74, 6) is 0.876. The van der Waals surface area contributed by atoms with Crippen molar-refractivity contribution in [3.63, 3.8) is 0 Å². The summed E-state index contributed by atoms with van der Waals surface area (Å²) in [6, 6.07) is 9.81. The molecule has 0 bridgehead atoms. The second kappa shape index (κ2) is 6.42. The standard InChI is InChI=1S/C17H15Cl2N5/c18-12-1-2-13-14(11-12)20-5-3-15(13)23-7-9-24(10-8-23)16-4-6-21-17(19)22-16/h1-6,11H,7-10H2. The molecule has 0 N–H and O–H groups in total. The van der Waals surface area contributed by atoms with Crippen LogP contribution in [0.2, 0.25) is 10.3 Å². The molecule has 3 aromatic rings. The van der Waals surface area contributed by atoms with Gasteiger partial charge in [-0.2, -0.15) is 0 Å². The smallest absolute Gasteiger partial charge is 0.224 e. The highest BCUT2D eigenvalue weighted by Gasteiger charge is 2.20. The van der Waals surface area contributed by atoms with Gasteiger partial charge in [-0.05, 0) is 41.9 Å². The van der Waals surface area contributed by atoms with E-state index < -0.39 is 0 Å². The van der Waals surface area contributed by atoms with Crippen molar-refractivity contribution in [1.29, 1.82) is 0 Å². The molecule has 122 valence electrons. The summed E-state index contributed by atoms with van der Waals surface area (Å²) in [5, 5.41) is 2.12. The zero-order valence-electron chi connectivity index (χ0n) is 12.9. The maximum Gasteiger partial charge on any atom is 0.224 e. The molecule has 4 rings (SSSR count). The molecular formula is C17H15Cl2N5. The number of anilines is 2. The fourth-order valence-corrected chi connectivity index (χ4v) is 3.37. The van der Waals surface area contributed by atoms with Gasteiger partial charge < -0.3 is 9.80 Å². The van der Waals surface area contributed by atoms with Crippen molar-refractivity contribution < 1.29 is 0 Å². The summed E-state index contributed by atoms with van der Waals surface area (Å²) in [5.41, 5.74) is 2.11. The molecule has 7 heteroatoms. The van der Waals surface area contributed by atoms with Crippen LogP contribution in [0.15, 0.2) is 42.7 Å². The Hall–Kier alpha value is -2.11. The third kappa shape index (κ3) is 2.97. The lowest BCUT2D eigenvalue weighted by atomic mass is 10.1.